The van der Waals surface area contributed by atoms with Crippen LogP contribution < -0.4 is 0 Å². The van der Waals surface area contributed by atoms with Gasteiger partial charge in [-0.25, -0.2) is 0 Å². The van der Waals surface area contributed by atoms with Gasteiger partial charge in [-0.15, -0.1) is 6.42 Å². The average molecular weight is 279 g/mol. The monoisotopic (exact) mass is 279 g/mol. The SMILES string of the molecule is C#Cc1ccc2cc(CCC(=O)N(C)C)ccc2c1C=O. The van der Waals surface area contributed by atoms with Crippen LogP contribution in [0, 0.1) is 12.3 Å². The molecule has 2 rings (SSSR count). The maximum atomic E-state index is 11.6. The Hall–Kier alpha value is -2.60. The first-order valence-electron chi connectivity index (χ1n) is 6.74. The van der Waals surface area contributed by atoms with Crippen LogP contribution in [0.2, 0.25) is 0 Å². The molecule has 2 aromatic rings. The zero-order chi connectivity index (χ0) is 15.4. The van der Waals surface area contributed by atoms with Gasteiger partial charge in [-0.1, -0.05) is 30.2 Å². The molecule has 3 heteroatoms. The number of hydrogen-bond donors (Lipinski definition) is 0. The van der Waals surface area contributed by atoms with Crippen LogP contribution in [0.3, 0.4) is 0 Å². The van der Waals surface area contributed by atoms with Crippen molar-refractivity contribution in [2.45, 2.75) is 12.8 Å². The number of aryl methyl sites for hydroxylation is 1. The summed E-state index contributed by atoms with van der Waals surface area (Å²) in [5.41, 5.74) is 2.22. The Labute approximate surface area is 124 Å². The molecular weight excluding hydrogens is 262 g/mol. The van der Waals surface area contributed by atoms with E-state index in [1.165, 1.54) is 0 Å². The summed E-state index contributed by atoms with van der Waals surface area (Å²) in [6.45, 7) is 0. The molecule has 0 aliphatic rings. The molecule has 21 heavy (non-hydrogen) atoms. The van der Waals surface area contributed by atoms with Crippen molar-refractivity contribution in [3.8, 4) is 12.3 Å². The summed E-state index contributed by atoms with van der Waals surface area (Å²) in [6, 6.07) is 9.54. The zero-order valence-corrected chi connectivity index (χ0v) is 12.2. The Morgan fingerprint density at radius 1 is 1.29 bits per heavy atom. The van der Waals surface area contributed by atoms with Gasteiger partial charge in [0.1, 0.15) is 0 Å². The summed E-state index contributed by atoms with van der Waals surface area (Å²) in [4.78, 5) is 24.4. The molecule has 0 saturated heterocycles. The van der Waals surface area contributed by atoms with Crippen molar-refractivity contribution in [3.63, 3.8) is 0 Å². The van der Waals surface area contributed by atoms with E-state index in [2.05, 4.69) is 5.92 Å². The Bertz CT molecular complexity index is 739. The number of carbonyl (C=O) groups excluding carboxylic acids is 2. The van der Waals surface area contributed by atoms with Gasteiger partial charge < -0.3 is 4.90 Å². The molecule has 0 bridgehead atoms. The lowest BCUT2D eigenvalue weighted by Crippen LogP contribution is -2.21. The van der Waals surface area contributed by atoms with E-state index in [1.807, 2.05) is 24.3 Å². The number of amides is 1. The summed E-state index contributed by atoms with van der Waals surface area (Å²) in [6.07, 6.45) is 7.36. The van der Waals surface area contributed by atoms with E-state index in [0.717, 1.165) is 22.6 Å². The normalized spacial score (nSPS) is 10.1. The number of aldehydes is 1. The fourth-order valence-electron chi connectivity index (χ4n) is 2.29. The van der Waals surface area contributed by atoms with Crippen LogP contribution in [0.1, 0.15) is 27.9 Å². The molecule has 0 unspecified atom stereocenters. The van der Waals surface area contributed by atoms with Gasteiger partial charge in [0.05, 0.1) is 0 Å². The smallest absolute Gasteiger partial charge is 0.222 e. The molecule has 1 amide bonds. The van der Waals surface area contributed by atoms with Crippen molar-refractivity contribution < 1.29 is 9.59 Å². The highest BCUT2D eigenvalue weighted by Gasteiger charge is 2.08. The molecular formula is C18H17NO2. The number of fused-ring (bicyclic) bond motifs is 1. The molecule has 0 fully saturated rings. The third-order valence-corrected chi connectivity index (χ3v) is 3.53. The van der Waals surface area contributed by atoms with E-state index in [0.29, 0.717) is 24.0 Å². The fourth-order valence-corrected chi connectivity index (χ4v) is 2.29. The Morgan fingerprint density at radius 2 is 2.05 bits per heavy atom. The molecule has 2 aromatic carbocycles. The lowest BCUT2D eigenvalue weighted by molar-refractivity contribution is -0.128. The molecule has 3 nitrogen and oxygen atoms in total. The summed E-state index contributed by atoms with van der Waals surface area (Å²) in [7, 11) is 3.50. The van der Waals surface area contributed by atoms with E-state index < -0.39 is 0 Å². The minimum atomic E-state index is 0.103. The maximum Gasteiger partial charge on any atom is 0.222 e. The first-order chi connectivity index (χ1) is 10.1. The summed E-state index contributed by atoms with van der Waals surface area (Å²) >= 11 is 0. The molecule has 0 heterocycles. The molecule has 106 valence electrons. The highest BCUT2D eigenvalue weighted by Crippen LogP contribution is 2.23. The minimum absolute atomic E-state index is 0.103. The average Bonchev–Trinajstić information content (AvgIpc) is 2.50. The summed E-state index contributed by atoms with van der Waals surface area (Å²) in [5.74, 6) is 2.63. The van der Waals surface area contributed by atoms with Crippen molar-refractivity contribution in [1.29, 1.82) is 0 Å². The number of benzene rings is 2. The van der Waals surface area contributed by atoms with Crippen molar-refractivity contribution in [2.75, 3.05) is 14.1 Å². The van der Waals surface area contributed by atoms with Crippen LogP contribution in [0.5, 0.6) is 0 Å². The van der Waals surface area contributed by atoms with Crippen molar-refractivity contribution in [2.24, 2.45) is 0 Å². The predicted octanol–water partition coefficient (Wildman–Crippen LogP) is 2.65. The maximum absolute atomic E-state index is 11.6. The number of nitrogens with zero attached hydrogens (tertiary/aromatic N) is 1. The van der Waals surface area contributed by atoms with E-state index in [9.17, 15) is 9.59 Å². The number of hydrogen-bond acceptors (Lipinski definition) is 2. The van der Waals surface area contributed by atoms with Crippen LogP contribution >= 0.6 is 0 Å². The topological polar surface area (TPSA) is 37.4 Å². The third kappa shape index (κ3) is 3.11. The second kappa shape index (κ2) is 6.23. The second-order valence-corrected chi connectivity index (χ2v) is 5.13. The van der Waals surface area contributed by atoms with E-state index >= 15 is 0 Å². The second-order valence-electron chi connectivity index (χ2n) is 5.13. The van der Waals surface area contributed by atoms with Gasteiger partial charge in [0.15, 0.2) is 6.29 Å². The molecule has 0 aromatic heterocycles. The van der Waals surface area contributed by atoms with Crippen molar-refractivity contribution in [1.82, 2.24) is 4.90 Å². The van der Waals surface area contributed by atoms with E-state index in [4.69, 9.17) is 6.42 Å². The predicted molar refractivity (Wildman–Crippen MR) is 84.3 cm³/mol. The first kappa shape index (κ1) is 14.8. The van der Waals surface area contributed by atoms with Crippen LogP contribution in [0.4, 0.5) is 0 Å². The fraction of sp³-hybridized carbons (Fsp3) is 0.222. The van der Waals surface area contributed by atoms with Crippen molar-refractivity contribution >= 4 is 23.0 Å². The van der Waals surface area contributed by atoms with Gasteiger partial charge in [0.2, 0.25) is 5.91 Å². The van der Waals surface area contributed by atoms with Gasteiger partial charge in [-0.3, -0.25) is 9.59 Å². The molecule has 0 aliphatic carbocycles. The zero-order valence-electron chi connectivity index (χ0n) is 12.2. The lowest BCUT2D eigenvalue weighted by atomic mass is 9.97. The van der Waals surface area contributed by atoms with Crippen LogP contribution in [-0.2, 0) is 11.2 Å². The molecule has 0 atom stereocenters. The minimum Gasteiger partial charge on any atom is -0.349 e. The molecule has 0 aliphatic heterocycles. The Morgan fingerprint density at radius 3 is 2.67 bits per heavy atom. The van der Waals surface area contributed by atoms with Gasteiger partial charge >= 0.3 is 0 Å². The molecule has 0 radical (unpaired) electrons. The summed E-state index contributed by atoms with van der Waals surface area (Å²) in [5, 5.41) is 1.81. The quantitative estimate of drug-likeness (QED) is 0.637. The number of terminal acetylenes is 1. The Kier molecular flexibility index (Phi) is 4.39. The summed E-state index contributed by atoms with van der Waals surface area (Å²) < 4.78 is 0. The van der Waals surface area contributed by atoms with Gasteiger partial charge in [0, 0.05) is 31.6 Å². The first-order valence-corrected chi connectivity index (χ1v) is 6.74. The molecule has 0 saturated carbocycles. The van der Waals surface area contributed by atoms with Crippen LogP contribution in [0.15, 0.2) is 30.3 Å². The van der Waals surface area contributed by atoms with Crippen LogP contribution in [0.25, 0.3) is 10.8 Å². The third-order valence-electron chi connectivity index (χ3n) is 3.53. The number of rotatable bonds is 4. The molecule has 0 N–H and O–H groups in total. The number of carbonyl (C=O) groups is 2. The van der Waals surface area contributed by atoms with Gasteiger partial charge in [-0.05, 0) is 28.8 Å². The standard InChI is InChI=1S/C18H17NO2/c1-4-14-7-8-15-11-13(6-10-18(21)19(2)3)5-9-16(15)17(14)12-20/h1,5,7-9,11-12H,6,10H2,2-3H3. The van der Waals surface area contributed by atoms with E-state index in [1.54, 1.807) is 25.1 Å². The van der Waals surface area contributed by atoms with Gasteiger partial charge in [0.25, 0.3) is 0 Å². The van der Waals surface area contributed by atoms with Crippen molar-refractivity contribution in [3.05, 3.63) is 47.0 Å². The highest BCUT2D eigenvalue weighted by atomic mass is 16.2. The highest BCUT2D eigenvalue weighted by molar-refractivity contribution is 6.00. The lowest BCUT2D eigenvalue weighted by Gasteiger charge is -2.10. The largest absolute Gasteiger partial charge is 0.349 e. The van der Waals surface area contributed by atoms with E-state index in [-0.39, 0.29) is 5.91 Å². The van der Waals surface area contributed by atoms with Gasteiger partial charge in [-0.2, -0.15) is 0 Å². The Balaban J connectivity index is 2.33. The molecule has 0 spiro atoms. The van der Waals surface area contributed by atoms with Crippen LogP contribution in [-0.4, -0.2) is 31.2 Å².